The fraction of sp³-hybridized carbons (Fsp3) is 0. The minimum Gasteiger partial charge on any atom is -0.309 e. The van der Waals surface area contributed by atoms with E-state index < -0.39 is 0 Å². The van der Waals surface area contributed by atoms with Gasteiger partial charge < -0.3 is 4.57 Å². The number of benzene rings is 8. The van der Waals surface area contributed by atoms with Crippen LogP contribution in [0.5, 0.6) is 0 Å². The molecule has 3 heterocycles. The van der Waals surface area contributed by atoms with Crippen molar-refractivity contribution in [3.63, 3.8) is 0 Å². The van der Waals surface area contributed by atoms with Gasteiger partial charge in [0.1, 0.15) is 5.69 Å². The minimum absolute atomic E-state index is 0.815. The quantitative estimate of drug-likeness (QED) is 0.193. The number of hydrogen-bond donors (Lipinski definition) is 0. The smallest absolute Gasteiger partial charge is 0.165 e. The molecule has 8 aromatic carbocycles. The Morgan fingerprint density at radius 3 is 1.76 bits per heavy atom. The van der Waals surface area contributed by atoms with Gasteiger partial charge in [0.25, 0.3) is 0 Å². The maximum absolute atomic E-state index is 5.47. The predicted molar refractivity (Wildman–Crippen MR) is 209 cm³/mol. The van der Waals surface area contributed by atoms with Crippen LogP contribution in [-0.4, -0.2) is 19.1 Å². The minimum atomic E-state index is 0.815. The number of fused-ring (bicyclic) bond motifs is 10. The van der Waals surface area contributed by atoms with Gasteiger partial charge in [0, 0.05) is 32.5 Å². The SMILES string of the molecule is c1ccc2cc(-c3nc4ccccc4nc3-n3c4cccc(-n5c6ccccc6c6ccccc65)c4c4ccc5ccccc5c43)ccc2c1. The van der Waals surface area contributed by atoms with Gasteiger partial charge in [-0.1, -0.05) is 127 Å². The van der Waals surface area contributed by atoms with Crippen LogP contribution in [0.3, 0.4) is 0 Å². The van der Waals surface area contributed by atoms with E-state index in [4.69, 9.17) is 9.97 Å². The van der Waals surface area contributed by atoms with Crippen molar-refractivity contribution in [3.8, 4) is 22.8 Å². The van der Waals surface area contributed by atoms with Crippen molar-refractivity contribution in [1.29, 1.82) is 0 Å². The van der Waals surface area contributed by atoms with E-state index in [9.17, 15) is 0 Å². The maximum atomic E-state index is 5.47. The van der Waals surface area contributed by atoms with Crippen molar-refractivity contribution in [2.45, 2.75) is 0 Å². The average molecular weight is 637 g/mol. The molecule has 4 heteroatoms. The second-order valence-electron chi connectivity index (χ2n) is 13.0. The highest BCUT2D eigenvalue weighted by atomic mass is 15.1. The summed E-state index contributed by atoms with van der Waals surface area (Å²) in [6.07, 6.45) is 0. The first-order valence-electron chi connectivity index (χ1n) is 17.0. The number of rotatable bonds is 3. The number of hydrogen-bond acceptors (Lipinski definition) is 2. The fourth-order valence-corrected chi connectivity index (χ4v) is 8.07. The Morgan fingerprint density at radius 2 is 0.980 bits per heavy atom. The van der Waals surface area contributed by atoms with E-state index >= 15 is 0 Å². The molecule has 0 aliphatic rings. The molecule has 50 heavy (non-hydrogen) atoms. The molecule has 0 aliphatic carbocycles. The second kappa shape index (κ2) is 10.4. The van der Waals surface area contributed by atoms with Gasteiger partial charge >= 0.3 is 0 Å². The van der Waals surface area contributed by atoms with Crippen LogP contribution in [0.1, 0.15) is 0 Å². The molecular weight excluding hydrogens is 609 g/mol. The molecule has 232 valence electrons. The third-order valence-corrected chi connectivity index (χ3v) is 10.3. The molecule has 0 radical (unpaired) electrons. The highest BCUT2D eigenvalue weighted by Gasteiger charge is 2.24. The van der Waals surface area contributed by atoms with E-state index in [1.165, 1.54) is 54.1 Å². The summed E-state index contributed by atoms with van der Waals surface area (Å²) in [5, 5.41) is 9.58. The van der Waals surface area contributed by atoms with Gasteiger partial charge in [-0.2, -0.15) is 0 Å². The zero-order valence-corrected chi connectivity index (χ0v) is 27.0. The van der Waals surface area contributed by atoms with Crippen LogP contribution < -0.4 is 0 Å². The normalized spacial score (nSPS) is 12.0. The Kier molecular flexibility index (Phi) is 5.63. The Hall–Kier alpha value is -6.78. The summed E-state index contributed by atoms with van der Waals surface area (Å²) in [7, 11) is 0. The lowest BCUT2D eigenvalue weighted by Gasteiger charge is -2.15. The summed E-state index contributed by atoms with van der Waals surface area (Å²) >= 11 is 0. The number of nitrogens with zero attached hydrogens (tertiary/aromatic N) is 4. The summed E-state index contributed by atoms with van der Waals surface area (Å²) < 4.78 is 4.80. The van der Waals surface area contributed by atoms with E-state index in [1.807, 2.05) is 12.1 Å². The molecule has 0 N–H and O–H groups in total. The van der Waals surface area contributed by atoms with Crippen molar-refractivity contribution in [2.75, 3.05) is 0 Å². The van der Waals surface area contributed by atoms with Crippen LogP contribution in [0.25, 0.3) is 99.0 Å². The van der Waals surface area contributed by atoms with E-state index in [0.717, 1.165) is 44.8 Å². The zero-order valence-electron chi connectivity index (χ0n) is 27.0. The average Bonchev–Trinajstić information content (AvgIpc) is 3.71. The molecule has 4 nitrogen and oxygen atoms in total. The van der Waals surface area contributed by atoms with Gasteiger partial charge in [-0.3, -0.25) is 4.57 Å². The van der Waals surface area contributed by atoms with Crippen molar-refractivity contribution in [1.82, 2.24) is 19.1 Å². The van der Waals surface area contributed by atoms with Crippen LogP contribution in [0, 0.1) is 0 Å². The van der Waals surface area contributed by atoms with E-state index in [1.54, 1.807) is 0 Å². The molecule has 3 aromatic heterocycles. The molecule has 11 rings (SSSR count). The predicted octanol–water partition coefficient (Wildman–Crippen LogP) is 11.8. The lowest BCUT2D eigenvalue weighted by Crippen LogP contribution is -2.04. The molecule has 0 saturated heterocycles. The van der Waals surface area contributed by atoms with Gasteiger partial charge in [0.2, 0.25) is 0 Å². The first kappa shape index (κ1) is 27.2. The third kappa shape index (κ3) is 3.81. The Balaban J connectivity index is 1.33. The van der Waals surface area contributed by atoms with Gasteiger partial charge in [-0.15, -0.1) is 0 Å². The topological polar surface area (TPSA) is 35.6 Å². The van der Waals surface area contributed by atoms with E-state index in [2.05, 4.69) is 167 Å². The second-order valence-corrected chi connectivity index (χ2v) is 13.0. The number of para-hydroxylation sites is 4. The van der Waals surface area contributed by atoms with Crippen molar-refractivity contribution in [3.05, 3.63) is 170 Å². The molecule has 0 saturated carbocycles. The highest BCUT2D eigenvalue weighted by Crippen LogP contribution is 2.43. The number of aromatic nitrogens is 4. The van der Waals surface area contributed by atoms with Crippen LogP contribution in [0.15, 0.2) is 170 Å². The molecule has 0 bridgehead atoms. The first-order chi connectivity index (χ1) is 24.8. The Morgan fingerprint density at radius 1 is 0.380 bits per heavy atom. The molecular formula is C46H28N4. The molecule has 0 amide bonds. The van der Waals surface area contributed by atoms with Crippen molar-refractivity contribution in [2.24, 2.45) is 0 Å². The molecule has 0 atom stereocenters. The highest BCUT2D eigenvalue weighted by molar-refractivity contribution is 6.22. The van der Waals surface area contributed by atoms with Crippen molar-refractivity contribution >= 4 is 76.2 Å². The van der Waals surface area contributed by atoms with Crippen LogP contribution in [0.2, 0.25) is 0 Å². The summed E-state index contributed by atoms with van der Waals surface area (Å²) in [5.41, 5.74) is 9.33. The Labute approximate surface area is 287 Å². The Bertz CT molecular complexity index is 3110. The van der Waals surface area contributed by atoms with E-state index in [0.29, 0.717) is 0 Å². The van der Waals surface area contributed by atoms with Crippen LogP contribution in [-0.2, 0) is 0 Å². The monoisotopic (exact) mass is 636 g/mol. The lowest BCUT2D eigenvalue weighted by atomic mass is 10.0. The van der Waals surface area contributed by atoms with Crippen LogP contribution in [0.4, 0.5) is 0 Å². The van der Waals surface area contributed by atoms with Gasteiger partial charge in [0.15, 0.2) is 5.82 Å². The van der Waals surface area contributed by atoms with Gasteiger partial charge in [0.05, 0.1) is 38.8 Å². The standard InChI is InChI=1S/C46H28N4/c1-2-14-31-28-32(25-24-29(31)12-1)44-46(48-38-19-8-7-18-37(38)47-44)50-42-23-11-22-41(43(42)36-27-26-30-13-3-4-15-33(30)45(36)50)49-39-20-9-5-16-34(39)35-17-6-10-21-40(35)49/h1-28H. The zero-order chi connectivity index (χ0) is 32.8. The fourth-order valence-electron chi connectivity index (χ4n) is 8.07. The first-order valence-corrected chi connectivity index (χ1v) is 17.0. The van der Waals surface area contributed by atoms with Crippen molar-refractivity contribution < 1.29 is 0 Å². The summed E-state index contributed by atoms with van der Waals surface area (Å²) in [6.45, 7) is 0. The molecule has 0 unspecified atom stereocenters. The largest absolute Gasteiger partial charge is 0.309 e. The molecule has 0 fully saturated rings. The maximum Gasteiger partial charge on any atom is 0.165 e. The van der Waals surface area contributed by atoms with Gasteiger partial charge in [-0.25, -0.2) is 9.97 Å². The van der Waals surface area contributed by atoms with Crippen LogP contribution >= 0.6 is 0 Å². The molecule has 11 aromatic rings. The van der Waals surface area contributed by atoms with Gasteiger partial charge in [-0.05, 0) is 58.6 Å². The lowest BCUT2D eigenvalue weighted by molar-refractivity contribution is 1.08. The summed E-state index contributed by atoms with van der Waals surface area (Å²) in [4.78, 5) is 10.8. The molecule has 0 spiro atoms. The summed E-state index contributed by atoms with van der Waals surface area (Å²) in [5.74, 6) is 0.815. The summed E-state index contributed by atoms with van der Waals surface area (Å²) in [6, 6.07) is 60.6. The molecule has 0 aliphatic heterocycles. The van der Waals surface area contributed by atoms with E-state index in [-0.39, 0.29) is 0 Å². The third-order valence-electron chi connectivity index (χ3n) is 10.3.